The van der Waals surface area contributed by atoms with Gasteiger partial charge in [0.25, 0.3) is 0 Å². The lowest BCUT2D eigenvalue weighted by Gasteiger charge is -1.86. The lowest BCUT2D eigenvalue weighted by atomic mass is 10.3. The first-order valence-electron chi connectivity index (χ1n) is 3.43. The van der Waals surface area contributed by atoms with E-state index in [0.29, 0.717) is 0 Å². The molecule has 2 rings (SSSR count). The van der Waals surface area contributed by atoms with Gasteiger partial charge in [0.15, 0.2) is 5.65 Å². The molecule has 0 spiro atoms. The predicted molar refractivity (Wildman–Crippen MR) is 45.7 cm³/mol. The number of hydrazone groups is 1. The summed E-state index contributed by atoms with van der Waals surface area (Å²) in [5.74, 6) is 5.02. The summed E-state index contributed by atoms with van der Waals surface area (Å²) < 4.78 is 0. The Bertz CT molecular complexity index is 416. The molecule has 0 aliphatic heterocycles. The van der Waals surface area contributed by atoms with E-state index in [4.69, 9.17) is 5.84 Å². The summed E-state index contributed by atoms with van der Waals surface area (Å²) in [4.78, 5) is 11.1. The van der Waals surface area contributed by atoms with Gasteiger partial charge in [-0.1, -0.05) is 0 Å². The molecule has 0 unspecified atom stereocenters. The molecule has 0 atom stereocenters. The summed E-state index contributed by atoms with van der Waals surface area (Å²) in [6.07, 6.45) is 6.56. The standard InChI is InChI=1S/C7H7N5/c8-12-4-5-3-11-7-6(5)9-1-2-10-7/h1-4H,8H2,(H,10,11)/b12-4+. The van der Waals surface area contributed by atoms with Crippen LogP contribution >= 0.6 is 0 Å². The first kappa shape index (κ1) is 6.78. The lowest BCUT2D eigenvalue weighted by molar-refractivity contribution is 1.26. The van der Waals surface area contributed by atoms with Gasteiger partial charge in [-0.3, -0.25) is 4.98 Å². The first-order chi connectivity index (χ1) is 5.92. The van der Waals surface area contributed by atoms with Crippen molar-refractivity contribution < 1.29 is 0 Å². The van der Waals surface area contributed by atoms with Crippen molar-refractivity contribution in [3.05, 3.63) is 24.2 Å². The third kappa shape index (κ3) is 0.914. The molecular weight excluding hydrogens is 154 g/mol. The average Bonchev–Trinajstić information content (AvgIpc) is 2.50. The fraction of sp³-hybridized carbons (Fsp3) is 0. The van der Waals surface area contributed by atoms with Crippen LogP contribution < -0.4 is 5.84 Å². The molecule has 12 heavy (non-hydrogen) atoms. The smallest absolute Gasteiger partial charge is 0.156 e. The predicted octanol–water partition coefficient (Wildman–Crippen LogP) is 0.251. The van der Waals surface area contributed by atoms with E-state index in [1.165, 1.54) is 6.21 Å². The van der Waals surface area contributed by atoms with Gasteiger partial charge in [-0.15, -0.1) is 0 Å². The van der Waals surface area contributed by atoms with Crippen LogP contribution in [0.5, 0.6) is 0 Å². The molecule has 3 N–H and O–H groups in total. The number of hydrogen-bond acceptors (Lipinski definition) is 4. The Labute approximate surface area is 68.3 Å². The SMILES string of the molecule is N/N=C/c1c[nH]c2nccnc12. The molecule has 0 aliphatic carbocycles. The number of nitrogens with zero attached hydrogens (tertiary/aromatic N) is 3. The third-order valence-corrected chi connectivity index (χ3v) is 1.55. The molecule has 0 radical (unpaired) electrons. The fourth-order valence-electron chi connectivity index (χ4n) is 1.05. The second kappa shape index (κ2) is 2.61. The topological polar surface area (TPSA) is 80.0 Å². The second-order valence-corrected chi connectivity index (χ2v) is 2.28. The minimum absolute atomic E-state index is 0.743. The maximum atomic E-state index is 5.02. The monoisotopic (exact) mass is 161 g/mol. The van der Waals surface area contributed by atoms with Gasteiger partial charge in [0.05, 0.1) is 6.21 Å². The van der Waals surface area contributed by atoms with Crippen molar-refractivity contribution >= 4 is 17.4 Å². The number of H-pyrrole nitrogens is 1. The third-order valence-electron chi connectivity index (χ3n) is 1.55. The minimum Gasteiger partial charge on any atom is -0.344 e. The maximum Gasteiger partial charge on any atom is 0.156 e. The Kier molecular flexibility index (Phi) is 1.48. The van der Waals surface area contributed by atoms with E-state index in [1.54, 1.807) is 18.6 Å². The largest absolute Gasteiger partial charge is 0.344 e. The summed E-state index contributed by atoms with van der Waals surface area (Å²) >= 11 is 0. The van der Waals surface area contributed by atoms with Crippen molar-refractivity contribution in [2.45, 2.75) is 0 Å². The van der Waals surface area contributed by atoms with Gasteiger partial charge >= 0.3 is 0 Å². The normalized spacial score (nSPS) is 11.3. The molecule has 0 bridgehead atoms. The molecule has 5 nitrogen and oxygen atoms in total. The van der Waals surface area contributed by atoms with Crippen LogP contribution in [-0.4, -0.2) is 21.2 Å². The van der Waals surface area contributed by atoms with Gasteiger partial charge in [-0.05, 0) is 0 Å². The van der Waals surface area contributed by atoms with Gasteiger partial charge in [0.2, 0.25) is 0 Å². The Balaban J connectivity index is 2.70. The zero-order chi connectivity index (χ0) is 8.39. The Morgan fingerprint density at radius 3 is 3.08 bits per heavy atom. The summed E-state index contributed by atoms with van der Waals surface area (Å²) in [6.45, 7) is 0. The van der Waals surface area contributed by atoms with Crippen LogP contribution in [0.3, 0.4) is 0 Å². The summed E-state index contributed by atoms with van der Waals surface area (Å²) in [7, 11) is 0. The van der Waals surface area contributed by atoms with Crippen LogP contribution in [0.4, 0.5) is 0 Å². The average molecular weight is 161 g/mol. The van der Waals surface area contributed by atoms with E-state index in [9.17, 15) is 0 Å². The second-order valence-electron chi connectivity index (χ2n) is 2.28. The fourth-order valence-corrected chi connectivity index (χ4v) is 1.05. The number of fused-ring (bicyclic) bond motifs is 1. The van der Waals surface area contributed by atoms with Gasteiger partial charge in [0.1, 0.15) is 5.52 Å². The van der Waals surface area contributed by atoms with E-state index in [1.807, 2.05) is 0 Å². The van der Waals surface area contributed by atoms with Crippen LogP contribution in [0, 0.1) is 0 Å². The van der Waals surface area contributed by atoms with E-state index >= 15 is 0 Å². The Morgan fingerprint density at radius 2 is 2.25 bits per heavy atom. The number of nitrogens with two attached hydrogens (primary N) is 1. The zero-order valence-electron chi connectivity index (χ0n) is 6.23. The number of rotatable bonds is 1. The molecule has 0 fully saturated rings. The van der Waals surface area contributed by atoms with Gasteiger partial charge in [-0.25, -0.2) is 4.98 Å². The van der Waals surface area contributed by atoms with Crippen LogP contribution in [0.25, 0.3) is 11.2 Å². The molecular formula is C7H7N5. The highest BCUT2D eigenvalue weighted by molar-refractivity contribution is 5.95. The quantitative estimate of drug-likeness (QED) is 0.357. The number of aromatic amines is 1. The van der Waals surface area contributed by atoms with Gasteiger partial charge in [-0.2, -0.15) is 5.10 Å². The Morgan fingerprint density at radius 1 is 1.42 bits per heavy atom. The van der Waals surface area contributed by atoms with E-state index < -0.39 is 0 Å². The van der Waals surface area contributed by atoms with Crippen LogP contribution in [0.15, 0.2) is 23.7 Å². The van der Waals surface area contributed by atoms with E-state index in [0.717, 1.165) is 16.7 Å². The molecule has 60 valence electrons. The Hall–Kier alpha value is -1.91. The minimum atomic E-state index is 0.743. The van der Waals surface area contributed by atoms with E-state index in [2.05, 4.69) is 20.1 Å². The van der Waals surface area contributed by atoms with Crippen molar-refractivity contribution in [2.75, 3.05) is 0 Å². The number of aromatic nitrogens is 3. The van der Waals surface area contributed by atoms with Crippen LogP contribution in [-0.2, 0) is 0 Å². The highest BCUT2D eigenvalue weighted by atomic mass is 15.1. The molecule has 5 heteroatoms. The van der Waals surface area contributed by atoms with Gasteiger partial charge in [0, 0.05) is 24.2 Å². The molecule has 0 aromatic carbocycles. The highest BCUT2D eigenvalue weighted by Crippen LogP contribution is 2.09. The van der Waals surface area contributed by atoms with Crippen molar-refractivity contribution in [1.29, 1.82) is 0 Å². The first-order valence-corrected chi connectivity index (χ1v) is 3.43. The van der Waals surface area contributed by atoms with Crippen LogP contribution in [0.2, 0.25) is 0 Å². The number of hydrogen-bond donors (Lipinski definition) is 2. The van der Waals surface area contributed by atoms with Crippen molar-refractivity contribution in [1.82, 2.24) is 15.0 Å². The van der Waals surface area contributed by atoms with Crippen molar-refractivity contribution in [3.63, 3.8) is 0 Å². The highest BCUT2D eigenvalue weighted by Gasteiger charge is 2.01. The molecule has 0 aliphatic rings. The van der Waals surface area contributed by atoms with Crippen molar-refractivity contribution in [3.8, 4) is 0 Å². The summed E-state index contributed by atoms with van der Waals surface area (Å²) in [5, 5.41) is 3.42. The van der Waals surface area contributed by atoms with E-state index in [-0.39, 0.29) is 0 Å². The zero-order valence-corrected chi connectivity index (χ0v) is 6.23. The molecule has 0 amide bonds. The lowest BCUT2D eigenvalue weighted by Crippen LogP contribution is -1.86. The van der Waals surface area contributed by atoms with Crippen LogP contribution in [0.1, 0.15) is 5.56 Å². The number of nitrogens with one attached hydrogen (secondary N) is 1. The molecule has 2 aromatic heterocycles. The van der Waals surface area contributed by atoms with Gasteiger partial charge < -0.3 is 10.8 Å². The molecule has 2 heterocycles. The molecule has 2 aromatic rings. The van der Waals surface area contributed by atoms with Crippen molar-refractivity contribution in [2.24, 2.45) is 10.9 Å². The molecule has 0 saturated carbocycles. The summed E-state index contributed by atoms with van der Waals surface area (Å²) in [6, 6.07) is 0. The maximum absolute atomic E-state index is 5.02. The summed E-state index contributed by atoms with van der Waals surface area (Å²) in [5.41, 5.74) is 2.37. The molecule has 0 saturated heterocycles.